The molecule has 0 unspecified atom stereocenters. The molecule has 1 aromatic rings. The topological polar surface area (TPSA) is 82.6 Å². The molecule has 110 valence electrons. The van der Waals surface area contributed by atoms with Crippen molar-refractivity contribution in [1.82, 2.24) is 14.2 Å². The molecule has 0 atom stereocenters. The van der Waals surface area contributed by atoms with Crippen LogP contribution in [0.5, 0.6) is 0 Å². The van der Waals surface area contributed by atoms with E-state index in [1.165, 1.54) is 4.31 Å². The number of carbonyl (C=O) groups is 1. The van der Waals surface area contributed by atoms with Gasteiger partial charge in [-0.05, 0) is 19.1 Å². The van der Waals surface area contributed by atoms with E-state index in [1.807, 2.05) is 0 Å². The Labute approximate surface area is 118 Å². The fourth-order valence-electron chi connectivity index (χ4n) is 1.99. The summed E-state index contributed by atoms with van der Waals surface area (Å²) in [5.74, 6) is 0.0935. The third-order valence-electron chi connectivity index (χ3n) is 3.22. The molecule has 8 heteroatoms. The van der Waals surface area contributed by atoms with E-state index >= 15 is 0 Å². The predicted molar refractivity (Wildman–Crippen MR) is 75.9 cm³/mol. The normalized spacial score (nSPS) is 16.9. The monoisotopic (exact) mass is 298 g/mol. The van der Waals surface area contributed by atoms with Crippen LogP contribution in [0.2, 0.25) is 0 Å². The van der Waals surface area contributed by atoms with Crippen molar-refractivity contribution < 1.29 is 13.2 Å². The predicted octanol–water partition coefficient (Wildman–Crippen LogP) is 0.581. The van der Waals surface area contributed by atoms with E-state index in [0.29, 0.717) is 31.9 Å². The van der Waals surface area contributed by atoms with Crippen LogP contribution in [0.25, 0.3) is 0 Å². The molecule has 1 aromatic heterocycles. The van der Waals surface area contributed by atoms with Crippen molar-refractivity contribution in [3.63, 3.8) is 0 Å². The number of amides is 2. The molecule has 7 nitrogen and oxygen atoms in total. The average Bonchev–Trinajstić information content (AvgIpc) is 2.48. The van der Waals surface area contributed by atoms with Gasteiger partial charge < -0.3 is 10.2 Å². The molecule has 0 bridgehead atoms. The standard InChI is InChI=1S/C12H18N4O3S/c1-2-20(18,19)16-9-7-15(8-10-16)12(17)14-11-3-5-13-6-4-11/h3-6H,2,7-10H2,1H3,(H,13,14,17). The van der Waals surface area contributed by atoms with Crippen LogP contribution in [0.3, 0.4) is 0 Å². The highest BCUT2D eigenvalue weighted by atomic mass is 32.2. The number of carbonyl (C=O) groups excluding carboxylic acids is 1. The van der Waals surface area contributed by atoms with E-state index in [0.717, 1.165) is 0 Å². The Morgan fingerprint density at radius 1 is 1.25 bits per heavy atom. The van der Waals surface area contributed by atoms with E-state index in [1.54, 1.807) is 36.4 Å². The highest BCUT2D eigenvalue weighted by Crippen LogP contribution is 2.10. The van der Waals surface area contributed by atoms with Gasteiger partial charge in [0, 0.05) is 44.3 Å². The maximum Gasteiger partial charge on any atom is 0.321 e. The molecule has 1 saturated heterocycles. The zero-order valence-electron chi connectivity index (χ0n) is 11.3. The summed E-state index contributed by atoms with van der Waals surface area (Å²) in [7, 11) is -3.16. The second-order valence-corrected chi connectivity index (χ2v) is 6.71. The third kappa shape index (κ3) is 3.45. The van der Waals surface area contributed by atoms with Crippen molar-refractivity contribution in [2.75, 3.05) is 37.2 Å². The zero-order chi connectivity index (χ0) is 14.6. The van der Waals surface area contributed by atoms with Gasteiger partial charge in [-0.25, -0.2) is 13.2 Å². The molecule has 2 heterocycles. The van der Waals surface area contributed by atoms with Gasteiger partial charge in [0.2, 0.25) is 10.0 Å². The van der Waals surface area contributed by atoms with E-state index in [-0.39, 0.29) is 11.8 Å². The maximum atomic E-state index is 12.0. The smallest absolute Gasteiger partial charge is 0.321 e. The number of nitrogens with zero attached hydrogens (tertiary/aromatic N) is 3. The van der Waals surface area contributed by atoms with Crippen LogP contribution in [-0.2, 0) is 10.0 Å². The Morgan fingerprint density at radius 2 is 1.85 bits per heavy atom. The summed E-state index contributed by atoms with van der Waals surface area (Å²) >= 11 is 0. The van der Waals surface area contributed by atoms with Crippen LogP contribution >= 0.6 is 0 Å². The number of aromatic nitrogens is 1. The second kappa shape index (κ2) is 6.19. The zero-order valence-corrected chi connectivity index (χ0v) is 12.1. The highest BCUT2D eigenvalue weighted by molar-refractivity contribution is 7.89. The van der Waals surface area contributed by atoms with E-state index in [4.69, 9.17) is 0 Å². The Bertz CT molecular complexity index is 553. The lowest BCUT2D eigenvalue weighted by molar-refractivity contribution is 0.184. The quantitative estimate of drug-likeness (QED) is 0.885. The Balaban J connectivity index is 1.89. The van der Waals surface area contributed by atoms with Gasteiger partial charge in [0.25, 0.3) is 0 Å². The molecule has 1 fully saturated rings. The number of sulfonamides is 1. The molecular weight excluding hydrogens is 280 g/mol. The minimum Gasteiger partial charge on any atom is -0.322 e. The number of nitrogens with one attached hydrogen (secondary N) is 1. The first-order chi connectivity index (χ1) is 9.53. The van der Waals surface area contributed by atoms with Gasteiger partial charge in [0.15, 0.2) is 0 Å². The maximum absolute atomic E-state index is 12.0. The third-order valence-corrected chi connectivity index (χ3v) is 5.10. The fraction of sp³-hybridized carbons (Fsp3) is 0.500. The summed E-state index contributed by atoms with van der Waals surface area (Å²) in [4.78, 5) is 17.5. The van der Waals surface area contributed by atoms with Crippen LogP contribution in [0.15, 0.2) is 24.5 Å². The summed E-state index contributed by atoms with van der Waals surface area (Å²) in [6.07, 6.45) is 3.20. The summed E-state index contributed by atoms with van der Waals surface area (Å²) in [5, 5.41) is 2.76. The second-order valence-electron chi connectivity index (χ2n) is 4.45. The van der Waals surface area contributed by atoms with Gasteiger partial charge in [0.1, 0.15) is 0 Å². The molecule has 0 aliphatic carbocycles. The van der Waals surface area contributed by atoms with Crippen LogP contribution in [0.1, 0.15) is 6.92 Å². The first kappa shape index (κ1) is 14.7. The van der Waals surface area contributed by atoms with Crippen molar-refractivity contribution in [2.45, 2.75) is 6.92 Å². The van der Waals surface area contributed by atoms with Crippen LogP contribution in [-0.4, -0.2) is 60.6 Å². The molecule has 0 saturated carbocycles. The van der Waals surface area contributed by atoms with Gasteiger partial charge in [-0.3, -0.25) is 4.98 Å². The molecule has 2 amide bonds. The fourth-order valence-corrected chi connectivity index (χ4v) is 3.07. The summed E-state index contributed by atoms with van der Waals surface area (Å²) < 4.78 is 24.9. The molecular formula is C12H18N4O3S. The number of hydrogen-bond acceptors (Lipinski definition) is 4. The van der Waals surface area contributed by atoms with Crippen LogP contribution < -0.4 is 5.32 Å². The van der Waals surface area contributed by atoms with E-state index in [2.05, 4.69) is 10.3 Å². The summed E-state index contributed by atoms with van der Waals surface area (Å²) in [5.41, 5.74) is 0.675. The Hall–Kier alpha value is -1.67. The van der Waals surface area contributed by atoms with E-state index in [9.17, 15) is 13.2 Å². The molecule has 2 rings (SSSR count). The molecule has 0 aromatic carbocycles. The van der Waals surface area contributed by atoms with Crippen molar-refractivity contribution in [3.8, 4) is 0 Å². The number of hydrogen-bond donors (Lipinski definition) is 1. The first-order valence-electron chi connectivity index (χ1n) is 6.46. The Kier molecular flexibility index (Phi) is 4.56. The van der Waals surface area contributed by atoms with Crippen LogP contribution in [0, 0.1) is 0 Å². The molecule has 20 heavy (non-hydrogen) atoms. The molecule has 0 spiro atoms. The lowest BCUT2D eigenvalue weighted by Gasteiger charge is -2.33. The number of piperazine rings is 1. The number of rotatable bonds is 3. The van der Waals surface area contributed by atoms with Crippen molar-refractivity contribution in [3.05, 3.63) is 24.5 Å². The van der Waals surface area contributed by atoms with Crippen molar-refractivity contribution in [1.29, 1.82) is 0 Å². The highest BCUT2D eigenvalue weighted by Gasteiger charge is 2.27. The molecule has 0 radical (unpaired) electrons. The molecule has 1 aliphatic heterocycles. The molecule has 1 aliphatic rings. The first-order valence-corrected chi connectivity index (χ1v) is 8.07. The van der Waals surface area contributed by atoms with Crippen molar-refractivity contribution >= 4 is 21.7 Å². The lowest BCUT2D eigenvalue weighted by atomic mass is 10.3. The minimum absolute atomic E-state index is 0.0935. The van der Waals surface area contributed by atoms with Gasteiger partial charge in [-0.2, -0.15) is 4.31 Å². The summed E-state index contributed by atoms with van der Waals surface area (Å²) in [6, 6.07) is 3.19. The molecule has 1 N–H and O–H groups in total. The summed E-state index contributed by atoms with van der Waals surface area (Å²) in [6.45, 7) is 3.12. The average molecular weight is 298 g/mol. The SMILES string of the molecule is CCS(=O)(=O)N1CCN(C(=O)Nc2ccncc2)CC1. The van der Waals surface area contributed by atoms with Gasteiger partial charge in [0.05, 0.1) is 5.75 Å². The number of anilines is 1. The number of pyridine rings is 1. The Morgan fingerprint density at radius 3 is 2.40 bits per heavy atom. The van der Waals surface area contributed by atoms with Gasteiger partial charge >= 0.3 is 6.03 Å². The minimum atomic E-state index is -3.16. The van der Waals surface area contributed by atoms with E-state index < -0.39 is 10.0 Å². The van der Waals surface area contributed by atoms with Crippen molar-refractivity contribution in [2.24, 2.45) is 0 Å². The number of urea groups is 1. The lowest BCUT2D eigenvalue weighted by Crippen LogP contribution is -2.51. The van der Waals surface area contributed by atoms with Gasteiger partial charge in [-0.15, -0.1) is 0 Å². The van der Waals surface area contributed by atoms with Crippen LogP contribution in [0.4, 0.5) is 10.5 Å². The largest absolute Gasteiger partial charge is 0.322 e. The van der Waals surface area contributed by atoms with Gasteiger partial charge in [-0.1, -0.05) is 0 Å².